The van der Waals surface area contributed by atoms with Crippen LogP contribution in [0.2, 0.25) is 0 Å². The van der Waals surface area contributed by atoms with Gasteiger partial charge in [0.1, 0.15) is 0 Å². The molecule has 100 valence electrons. The first-order valence-corrected chi connectivity index (χ1v) is 7.07. The summed E-state index contributed by atoms with van der Waals surface area (Å²) in [7, 11) is -2.75. The monoisotopic (exact) mass is 275 g/mol. The molecule has 1 aliphatic rings. The lowest BCUT2D eigenvalue weighted by atomic mass is 10.1. The topological polar surface area (TPSA) is 72.3 Å². The van der Waals surface area contributed by atoms with Crippen molar-refractivity contribution in [3.8, 4) is 0 Å². The van der Waals surface area contributed by atoms with Gasteiger partial charge >= 0.3 is 10.2 Å². The number of carbonyl (C=O) groups is 1. The van der Waals surface area contributed by atoms with E-state index in [0.717, 1.165) is 5.69 Å². The Labute approximate surface area is 105 Å². The number of aryl methyl sites for hydroxylation is 1. The van der Waals surface area contributed by atoms with Gasteiger partial charge in [-0.3, -0.25) is 9.48 Å². The summed E-state index contributed by atoms with van der Waals surface area (Å²) in [6.07, 6.45) is 1.84. The Kier molecular flexibility index (Phi) is 3.38. The number of aromatic nitrogens is 2. The van der Waals surface area contributed by atoms with Crippen molar-refractivity contribution in [2.75, 3.05) is 12.3 Å². The molecule has 2 heterocycles. The maximum atomic E-state index is 12.6. The highest BCUT2D eigenvalue weighted by atomic mass is 32.3. The van der Waals surface area contributed by atoms with Crippen LogP contribution in [0.4, 0.5) is 3.89 Å². The zero-order valence-electron chi connectivity index (χ0n) is 9.91. The van der Waals surface area contributed by atoms with E-state index >= 15 is 0 Å². The largest absolute Gasteiger partial charge is 0.336 e. The van der Waals surface area contributed by atoms with E-state index in [-0.39, 0.29) is 18.9 Å². The molecule has 0 N–H and O–H groups in total. The van der Waals surface area contributed by atoms with Crippen LogP contribution in [-0.2, 0) is 28.6 Å². The van der Waals surface area contributed by atoms with Gasteiger partial charge in [0.25, 0.3) is 0 Å². The number of hydrogen-bond acceptors (Lipinski definition) is 4. The van der Waals surface area contributed by atoms with Crippen molar-refractivity contribution in [1.29, 1.82) is 0 Å². The molecule has 1 aromatic heterocycles. The third kappa shape index (κ3) is 3.28. The van der Waals surface area contributed by atoms with Crippen molar-refractivity contribution in [2.24, 2.45) is 13.0 Å². The van der Waals surface area contributed by atoms with Gasteiger partial charge in [0, 0.05) is 32.1 Å². The first-order chi connectivity index (χ1) is 8.33. The van der Waals surface area contributed by atoms with Gasteiger partial charge in [-0.25, -0.2) is 0 Å². The molecule has 1 atom stereocenters. The SMILES string of the molecule is Cn1ccc(CN2CC(CS(=O)(=O)F)CC2=O)n1. The van der Waals surface area contributed by atoms with Crippen LogP contribution in [0, 0.1) is 5.92 Å². The molecular formula is C10H14FN3O3S. The van der Waals surface area contributed by atoms with E-state index in [1.165, 1.54) is 4.90 Å². The van der Waals surface area contributed by atoms with Crippen molar-refractivity contribution in [1.82, 2.24) is 14.7 Å². The van der Waals surface area contributed by atoms with Crippen molar-refractivity contribution in [3.05, 3.63) is 18.0 Å². The second kappa shape index (κ2) is 4.68. The number of nitrogens with zero attached hydrogens (tertiary/aromatic N) is 3. The molecule has 0 aliphatic carbocycles. The standard InChI is InChI=1S/C10H14FN3O3S/c1-13-3-2-9(12-13)6-14-5-8(4-10(14)15)7-18(11,16)17/h2-3,8H,4-7H2,1H3. The van der Waals surface area contributed by atoms with Gasteiger partial charge in [0.05, 0.1) is 18.0 Å². The zero-order chi connectivity index (χ0) is 13.3. The summed E-state index contributed by atoms with van der Waals surface area (Å²) < 4.78 is 35.3. The normalized spacial score (nSPS) is 20.7. The molecule has 0 radical (unpaired) electrons. The minimum atomic E-state index is -4.52. The van der Waals surface area contributed by atoms with Gasteiger partial charge in [-0.1, -0.05) is 0 Å². The summed E-state index contributed by atoms with van der Waals surface area (Å²) in [5, 5.41) is 4.14. The highest BCUT2D eigenvalue weighted by molar-refractivity contribution is 7.86. The number of rotatable bonds is 4. The third-order valence-corrected chi connectivity index (χ3v) is 3.72. The van der Waals surface area contributed by atoms with E-state index in [0.29, 0.717) is 6.54 Å². The van der Waals surface area contributed by atoms with E-state index in [2.05, 4.69) is 5.10 Å². The number of likely N-dealkylation sites (tertiary alicyclic amines) is 1. The summed E-state index contributed by atoms with van der Waals surface area (Å²) in [6, 6.07) is 1.78. The molecular weight excluding hydrogens is 261 g/mol. The maximum Gasteiger partial charge on any atom is 0.302 e. The maximum absolute atomic E-state index is 12.6. The van der Waals surface area contributed by atoms with Crippen molar-refractivity contribution in [3.63, 3.8) is 0 Å². The van der Waals surface area contributed by atoms with Crippen LogP contribution in [0.1, 0.15) is 12.1 Å². The first kappa shape index (κ1) is 13.0. The average Bonchev–Trinajstić information content (AvgIpc) is 2.73. The molecule has 1 unspecified atom stereocenters. The van der Waals surface area contributed by atoms with Crippen molar-refractivity contribution >= 4 is 16.1 Å². The Hall–Kier alpha value is -1.44. The Morgan fingerprint density at radius 3 is 2.83 bits per heavy atom. The molecule has 1 amide bonds. The molecule has 1 fully saturated rings. The van der Waals surface area contributed by atoms with Gasteiger partial charge in [0.2, 0.25) is 5.91 Å². The van der Waals surface area contributed by atoms with Gasteiger partial charge in [0.15, 0.2) is 0 Å². The van der Waals surface area contributed by atoms with Crippen molar-refractivity contribution in [2.45, 2.75) is 13.0 Å². The Balaban J connectivity index is 1.97. The van der Waals surface area contributed by atoms with Crippen LogP contribution < -0.4 is 0 Å². The highest BCUT2D eigenvalue weighted by Gasteiger charge is 2.32. The lowest BCUT2D eigenvalue weighted by Gasteiger charge is -2.14. The number of amides is 1. The van der Waals surface area contributed by atoms with Crippen molar-refractivity contribution < 1.29 is 17.1 Å². The van der Waals surface area contributed by atoms with E-state index in [9.17, 15) is 17.1 Å². The average molecular weight is 275 g/mol. The molecule has 1 saturated heterocycles. The summed E-state index contributed by atoms with van der Waals surface area (Å²) in [5.41, 5.74) is 0.731. The predicted octanol–water partition coefficient (Wildman–Crippen LogP) is 0.0679. The summed E-state index contributed by atoms with van der Waals surface area (Å²) in [4.78, 5) is 13.2. The molecule has 0 bridgehead atoms. The van der Waals surface area contributed by atoms with Crippen LogP contribution >= 0.6 is 0 Å². The van der Waals surface area contributed by atoms with Crippen LogP contribution in [0.5, 0.6) is 0 Å². The van der Waals surface area contributed by atoms with Gasteiger partial charge in [-0.2, -0.15) is 13.5 Å². The lowest BCUT2D eigenvalue weighted by molar-refractivity contribution is -0.128. The minimum absolute atomic E-state index is 0.0793. The smallest absolute Gasteiger partial charge is 0.302 e. The zero-order valence-corrected chi connectivity index (χ0v) is 10.7. The van der Waals surface area contributed by atoms with Crippen LogP contribution in [0.25, 0.3) is 0 Å². The molecule has 1 aliphatic heterocycles. The second-order valence-corrected chi connectivity index (χ2v) is 5.94. The second-order valence-electron chi connectivity index (χ2n) is 4.53. The highest BCUT2D eigenvalue weighted by Crippen LogP contribution is 2.21. The number of carbonyl (C=O) groups excluding carboxylic acids is 1. The van der Waals surface area contributed by atoms with E-state index < -0.39 is 21.9 Å². The molecule has 0 aromatic carbocycles. The molecule has 1 aromatic rings. The lowest BCUT2D eigenvalue weighted by Crippen LogP contribution is -2.25. The Morgan fingerprint density at radius 2 is 2.28 bits per heavy atom. The van der Waals surface area contributed by atoms with Gasteiger partial charge in [-0.05, 0) is 6.07 Å². The number of halogens is 1. The fourth-order valence-corrected chi connectivity index (χ4v) is 2.93. The summed E-state index contributed by atoms with van der Waals surface area (Å²) >= 11 is 0. The molecule has 18 heavy (non-hydrogen) atoms. The fraction of sp³-hybridized carbons (Fsp3) is 0.600. The van der Waals surface area contributed by atoms with E-state index in [4.69, 9.17) is 0 Å². The molecule has 6 nitrogen and oxygen atoms in total. The fourth-order valence-electron chi connectivity index (χ4n) is 2.14. The molecule has 0 saturated carbocycles. The minimum Gasteiger partial charge on any atom is -0.336 e. The molecule has 0 spiro atoms. The van der Waals surface area contributed by atoms with E-state index in [1.807, 2.05) is 0 Å². The molecule has 2 rings (SSSR count). The van der Waals surface area contributed by atoms with Crippen LogP contribution in [-0.4, -0.2) is 41.3 Å². The van der Waals surface area contributed by atoms with E-state index in [1.54, 1.807) is 24.0 Å². The van der Waals surface area contributed by atoms with Gasteiger partial charge < -0.3 is 4.90 Å². The predicted molar refractivity (Wildman–Crippen MR) is 61.6 cm³/mol. The summed E-state index contributed by atoms with van der Waals surface area (Å²) in [5.74, 6) is -1.21. The quantitative estimate of drug-likeness (QED) is 0.729. The third-order valence-electron chi connectivity index (χ3n) is 2.85. The first-order valence-electron chi connectivity index (χ1n) is 5.52. The summed E-state index contributed by atoms with van der Waals surface area (Å²) in [6.45, 7) is 0.598. The Bertz CT molecular complexity index is 554. The molecule has 8 heteroatoms. The Morgan fingerprint density at radius 1 is 1.56 bits per heavy atom. The van der Waals surface area contributed by atoms with Crippen LogP contribution in [0.3, 0.4) is 0 Å². The van der Waals surface area contributed by atoms with Crippen LogP contribution in [0.15, 0.2) is 12.3 Å². The van der Waals surface area contributed by atoms with Gasteiger partial charge in [-0.15, -0.1) is 3.89 Å². The number of hydrogen-bond donors (Lipinski definition) is 0.